The maximum Gasteiger partial charge on any atom is 0.251 e. The summed E-state index contributed by atoms with van der Waals surface area (Å²) < 4.78 is 0. The van der Waals surface area contributed by atoms with Crippen molar-refractivity contribution in [1.82, 2.24) is 15.5 Å². The molecule has 0 aliphatic carbocycles. The van der Waals surface area contributed by atoms with Gasteiger partial charge in [0.15, 0.2) is 0 Å². The molecule has 1 atom stereocenters. The van der Waals surface area contributed by atoms with Crippen molar-refractivity contribution < 1.29 is 9.59 Å². The summed E-state index contributed by atoms with van der Waals surface area (Å²) in [6.45, 7) is 3.46. The number of carbonyl (C=O) groups is 2. The minimum Gasteiger partial charge on any atom is -0.341 e. The summed E-state index contributed by atoms with van der Waals surface area (Å²) in [4.78, 5) is 27.4. The molecule has 1 aromatic rings. The summed E-state index contributed by atoms with van der Waals surface area (Å²) in [5.41, 5.74) is 1.64. The third-order valence-electron chi connectivity index (χ3n) is 4.71. The number of hydrogen-bond donors (Lipinski definition) is 2. The zero-order chi connectivity index (χ0) is 18.2. The molecule has 2 rings (SSSR count). The number of aryl methyl sites for hydroxylation is 1. The Morgan fingerprint density at radius 2 is 2.04 bits per heavy atom. The first-order valence-corrected chi connectivity index (χ1v) is 10.3. The number of thioether (sulfide) groups is 1. The Morgan fingerprint density at radius 3 is 2.64 bits per heavy atom. The van der Waals surface area contributed by atoms with Gasteiger partial charge in [-0.2, -0.15) is 11.8 Å². The van der Waals surface area contributed by atoms with E-state index in [0.29, 0.717) is 18.0 Å². The maximum atomic E-state index is 12.9. The first kappa shape index (κ1) is 19.8. The number of likely N-dealkylation sites (tertiary alicyclic amines) is 1. The van der Waals surface area contributed by atoms with Crippen LogP contribution in [0.2, 0.25) is 0 Å². The van der Waals surface area contributed by atoms with Crippen LogP contribution in [0.1, 0.15) is 35.2 Å². The highest BCUT2D eigenvalue weighted by Gasteiger charge is 2.28. The van der Waals surface area contributed by atoms with E-state index in [2.05, 4.69) is 10.6 Å². The van der Waals surface area contributed by atoms with E-state index in [4.69, 9.17) is 0 Å². The smallest absolute Gasteiger partial charge is 0.251 e. The maximum absolute atomic E-state index is 12.9. The largest absolute Gasteiger partial charge is 0.341 e. The Bertz CT molecular complexity index is 586. The van der Waals surface area contributed by atoms with E-state index < -0.39 is 6.04 Å². The zero-order valence-electron chi connectivity index (χ0n) is 15.4. The number of rotatable bonds is 7. The molecule has 1 aromatic carbocycles. The van der Waals surface area contributed by atoms with Gasteiger partial charge in [-0.15, -0.1) is 0 Å². The summed E-state index contributed by atoms with van der Waals surface area (Å²) in [7, 11) is 1.96. The van der Waals surface area contributed by atoms with E-state index in [1.807, 2.05) is 43.3 Å². The summed E-state index contributed by atoms with van der Waals surface area (Å²) in [6.07, 6.45) is 4.60. The summed E-state index contributed by atoms with van der Waals surface area (Å²) in [6, 6.07) is 7.49. The molecule has 1 heterocycles. The number of nitrogens with one attached hydrogen (secondary N) is 2. The summed E-state index contributed by atoms with van der Waals surface area (Å²) >= 11 is 1.69. The molecule has 2 amide bonds. The van der Waals surface area contributed by atoms with Crippen LogP contribution in [-0.2, 0) is 4.79 Å². The molecule has 6 heteroatoms. The fourth-order valence-electron chi connectivity index (χ4n) is 3.13. The SMILES string of the molecule is CNC1CCN(C(=O)C(CCSC)NC(=O)c2cccc(C)c2)CC1. The molecule has 2 N–H and O–H groups in total. The molecule has 138 valence electrons. The molecular formula is C19H29N3O2S. The van der Waals surface area contributed by atoms with E-state index in [9.17, 15) is 9.59 Å². The molecule has 25 heavy (non-hydrogen) atoms. The molecule has 0 aromatic heterocycles. The molecule has 0 radical (unpaired) electrons. The number of benzene rings is 1. The molecule has 1 saturated heterocycles. The standard InChI is InChI=1S/C19H29N3O2S/c1-14-5-4-6-15(13-14)18(23)21-17(9-12-25-3)19(24)22-10-7-16(20-2)8-11-22/h4-6,13,16-17,20H,7-12H2,1-3H3,(H,21,23). The van der Waals surface area contributed by atoms with E-state index in [-0.39, 0.29) is 11.8 Å². The van der Waals surface area contributed by atoms with Crippen LogP contribution >= 0.6 is 11.8 Å². The van der Waals surface area contributed by atoms with E-state index in [0.717, 1.165) is 37.2 Å². The third-order valence-corrected chi connectivity index (χ3v) is 5.35. The molecular weight excluding hydrogens is 334 g/mol. The second-order valence-electron chi connectivity index (χ2n) is 6.57. The Labute approximate surface area is 154 Å². The van der Waals surface area contributed by atoms with Crippen LogP contribution in [0, 0.1) is 6.92 Å². The van der Waals surface area contributed by atoms with Gasteiger partial charge in [-0.05, 0) is 57.4 Å². The molecule has 0 bridgehead atoms. The molecule has 1 aliphatic heterocycles. The number of carbonyl (C=O) groups excluding carboxylic acids is 2. The minimum atomic E-state index is -0.452. The van der Waals surface area contributed by atoms with E-state index in [1.165, 1.54) is 0 Å². The first-order valence-electron chi connectivity index (χ1n) is 8.87. The van der Waals surface area contributed by atoms with Crippen LogP contribution < -0.4 is 10.6 Å². The average Bonchev–Trinajstić information content (AvgIpc) is 2.64. The highest BCUT2D eigenvalue weighted by molar-refractivity contribution is 7.98. The number of piperidine rings is 1. The normalized spacial score (nSPS) is 16.5. The molecule has 1 unspecified atom stereocenters. The average molecular weight is 364 g/mol. The van der Waals surface area contributed by atoms with Gasteiger partial charge in [-0.3, -0.25) is 9.59 Å². The molecule has 1 aliphatic rings. The number of nitrogens with zero attached hydrogens (tertiary/aromatic N) is 1. The predicted molar refractivity (Wildman–Crippen MR) is 104 cm³/mol. The van der Waals surface area contributed by atoms with Gasteiger partial charge in [-0.1, -0.05) is 17.7 Å². The lowest BCUT2D eigenvalue weighted by Gasteiger charge is -2.34. The third kappa shape index (κ3) is 5.75. The van der Waals surface area contributed by atoms with Gasteiger partial charge in [0.2, 0.25) is 5.91 Å². The van der Waals surface area contributed by atoms with Gasteiger partial charge in [0.1, 0.15) is 6.04 Å². The highest BCUT2D eigenvalue weighted by Crippen LogP contribution is 2.14. The van der Waals surface area contributed by atoms with Gasteiger partial charge in [0, 0.05) is 24.7 Å². The van der Waals surface area contributed by atoms with Crippen molar-refractivity contribution in [3.63, 3.8) is 0 Å². The fourth-order valence-corrected chi connectivity index (χ4v) is 3.60. The van der Waals surface area contributed by atoms with Crippen molar-refractivity contribution in [3.8, 4) is 0 Å². The van der Waals surface area contributed by atoms with Gasteiger partial charge >= 0.3 is 0 Å². The quantitative estimate of drug-likeness (QED) is 0.778. The topological polar surface area (TPSA) is 61.4 Å². The Morgan fingerprint density at radius 1 is 1.32 bits per heavy atom. The van der Waals surface area contributed by atoms with Gasteiger partial charge < -0.3 is 15.5 Å². The predicted octanol–water partition coefficient (Wildman–Crippen LogP) is 2.06. The van der Waals surface area contributed by atoms with Gasteiger partial charge in [-0.25, -0.2) is 0 Å². The lowest BCUT2D eigenvalue weighted by molar-refractivity contribution is -0.134. The van der Waals surface area contributed by atoms with Crippen molar-refractivity contribution >= 4 is 23.6 Å². The van der Waals surface area contributed by atoms with Crippen molar-refractivity contribution in [2.45, 2.75) is 38.3 Å². The van der Waals surface area contributed by atoms with Crippen molar-refractivity contribution in [2.24, 2.45) is 0 Å². The Kier molecular flexibility index (Phi) is 7.78. The summed E-state index contributed by atoms with van der Waals surface area (Å²) in [5, 5.41) is 6.23. The zero-order valence-corrected chi connectivity index (χ0v) is 16.2. The lowest BCUT2D eigenvalue weighted by atomic mass is 10.0. The first-order chi connectivity index (χ1) is 12.0. The van der Waals surface area contributed by atoms with Crippen LogP contribution in [0.5, 0.6) is 0 Å². The van der Waals surface area contributed by atoms with Crippen molar-refractivity contribution in [1.29, 1.82) is 0 Å². The molecule has 0 spiro atoms. The number of hydrogen-bond acceptors (Lipinski definition) is 4. The van der Waals surface area contributed by atoms with Crippen molar-refractivity contribution in [2.75, 3.05) is 32.1 Å². The van der Waals surface area contributed by atoms with Crippen LogP contribution in [0.4, 0.5) is 0 Å². The van der Waals surface area contributed by atoms with Crippen molar-refractivity contribution in [3.05, 3.63) is 35.4 Å². The van der Waals surface area contributed by atoms with Gasteiger partial charge in [0.25, 0.3) is 5.91 Å². The summed E-state index contributed by atoms with van der Waals surface area (Å²) in [5.74, 6) is 0.718. The van der Waals surface area contributed by atoms with E-state index >= 15 is 0 Å². The van der Waals surface area contributed by atoms with Crippen LogP contribution in [0.15, 0.2) is 24.3 Å². The molecule has 1 fully saturated rings. The lowest BCUT2D eigenvalue weighted by Crippen LogP contribution is -2.52. The van der Waals surface area contributed by atoms with Crippen LogP contribution in [0.3, 0.4) is 0 Å². The van der Waals surface area contributed by atoms with E-state index in [1.54, 1.807) is 17.8 Å². The highest BCUT2D eigenvalue weighted by atomic mass is 32.2. The minimum absolute atomic E-state index is 0.0459. The molecule has 0 saturated carbocycles. The van der Waals surface area contributed by atoms with Crippen LogP contribution in [0.25, 0.3) is 0 Å². The van der Waals surface area contributed by atoms with Gasteiger partial charge in [0.05, 0.1) is 0 Å². The molecule has 5 nitrogen and oxygen atoms in total. The van der Waals surface area contributed by atoms with Crippen LogP contribution in [-0.4, -0.2) is 60.9 Å². The number of amides is 2. The fraction of sp³-hybridized carbons (Fsp3) is 0.579. The Hall–Kier alpha value is -1.53. The second kappa shape index (κ2) is 9.82. The Balaban J connectivity index is 2.02. The second-order valence-corrected chi connectivity index (χ2v) is 7.55. The monoisotopic (exact) mass is 363 g/mol.